The van der Waals surface area contributed by atoms with Crippen molar-refractivity contribution in [3.05, 3.63) is 59.7 Å². The molecular formula is C19H19NO3. The molecule has 0 bridgehead atoms. The van der Waals surface area contributed by atoms with Crippen LogP contribution < -0.4 is 5.32 Å². The molecule has 2 aliphatic rings. The van der Waals surface area contributed by atoms with E-state index in [4.69, 9.17) is 9.47 Å². The molecule has 1 heterocycles. The van der Waals surface area contributed by atoms with E-state index in [1.165, 1.54) is 22.3 Å². The third kappa shape index (κ3) is 2.70. The van der Waals surface area contributed by atoms with Crippen LogP contribution in [0.5, 0.6) is 0 Å². The minimum absolute atomic E-state index is 0.105. The van der Waals surface area contributed by atoms with E-state index in [1.807, 2.05) is 24.3 Å². The summed E-state index contributed by atoms with van der Waals surface area (Å²) in [6.45, 7) is 1.67. The quantitative estimate of drug-likeness (QED) is 0.942. The number of rotatable bonds is 4. The molecule has 1 unspecified atom stereocenters. The first-order valence-corrected chi connectivity index (χ1v) is 8.03. The minimum Gasteiger partial charge on any atom is -0.449 e. The van der Waals surface area contributed by atoms with Gasteiger partial charge in [-0.1, -0.05) is 48.5 Å². The lowest BCUT2D eigenvalue weighted by molar-refractivity contribution is -0.0479. The zero-order valence-electron chi connectivity index (χ0n) is 12.8. The maximum Gasteiger partial charge on any atom is 0.407 e. The standard InChI is InChI=1S/C19H19NO3/c21-19(20-11-13-9-10-22-13)23-12-18-16-7-3-1-5-14(16)15-6-2-4-8-17(15)18/h1-8,13,18H,9-12H2,(H,20,21). The molecular weight excluding hydrogens is 290 g/mol. The summed E-state index contributed by atoms with van der Waals surface area (Å²) in [5, 5.41) is 2.77. The Morgan fingerprint density at radius 2 is 1.70 bits per heavy atom. The summed E-state index contributed by atoms with van der Waals surface area (Å²) in [5.74, 6) is 0.105. The van der Waals surface area contributed by atoms with Gasteiger partial charge in [-0.3, -0.25) is 0 Å². The number of ether oxygens (including phenoxy) is 2. The van der Waals surface area contributed by atoms with Gasteiger partial charge < -0.3 is 14.8 Å². The second kappa shape index (κ2) is 6.05. The Labute approximate surface area is 135 Å². The SMILES string of the molecule is O=C(NCC1CCO1)OCC1c2ccccc2-c2ccccc21. The van der Waals surface area contributed by atoms with Gasteiger partial charge in [0.25, 0.3) is 0 Å². The number of benzene rings is 2. The summed E-state index contributed by atoms with van der Waals surface area (Å²) in [6.07, 6.45) is 0.779. The summed E-state index contributed by atoms with van der Waals surface area (Å²) >= 11 is 0. The molecule has 4 heteroatoms. The van der Waals surface area contributed by atoms with E-state index in [0.717, 1.165) is 13.0 Å². The average molecular weight is 309 g/mol. The van der Waals surface area contributed by atoms with Crippen molar-refractivity contribution in [1.82, 2.24) is 5.32 Å². The van der Waals surface area contributed by atoms with Crippen LogP contribution in [0.15, 0.2) is 48.5 Å². The van der Waals surface area contributed by atoms with Crippen LogP contribution in [0.25, 0.3) is 11.1 Å². The van der Waals surface area contributed by atoms with Crippen molar-refractivity contribution in [1.29, 1.82) is 0 Å². The smallest absolute Gasteiger partial charge is 0.407 e. The van der Waals surface area contributed by atoms with Crippen LogP contribution in [-0.2, 0) is 9.47 Å². The molecule has 0 radical (unpaired) electrons. The molecule has 2 aromatic rings. The van der Waals surface area contributed by atoms with E-state index in [1.54, 1.807) is 0 Å². The van der Waals surface area contributed by atoms with Gasteiger partial charge in [-0.2, -0.15) is 0 Å². The highest BCUT2D eigenvalue weighted by atomic mass is 16.5. The first-order valence-electron chi connectivity index (χ1n) is 8.03. The Morgan fingerprint density at radius 3 is 2.26 bits per heavy atom. The van der Waals surface area contributed by atoms with Crippen molar-refractivity contribution in [3.63, 3.8) is 0 Å². The highest BCUT2D eigenvalue weighted by molar-refractivity contribution is 5.79. The largest absolute Gasteiger partial charge is 0.449 e. The maximum atomic E-state index is 11.9. The number of hydrogen-bond acceptors (Lipinski definition) is 3. The van der Waals surface area contributed by atoms with Crippen LogP contribution in [0.3, 0.4) is 0 Å². The van der Waals surface area contributed by atoms with Crippen LogP contribution in [0, 0.1) is 0 Å². The van der Waals surface area contributed by atoms with Crippen molar-refractivity contribution in [2.24, 2.45) is 0 Å². The molecule has 2 aromatic carbocycles. The fraction of sp³-hybridized carbons (Fsp3) is 0.316. The van der Waals surface area contributed by atoms with Gasteiger partial charge in [-0.05, 0) is 28.7 Å². The predicted molar refractivity (Wildman–Crippen MR) is 87.4 cm³/mol. The molecule has 23 heavy (non-hydrogen) atoms. The van der Waals surface area contributed by atoms with E-state index in [9.17, 15) is 4.79 Å². The molecule has 0 saturated carbocycles. The van der Waals surface area contributed by atoms with Gasteiger partial charge in [0, 0.05) is 19.1 Å². The molecule has 0 aromatic heterocycles. The van der Waals surface area contributed by atoms with E-state index in [-0.39, 0.29) is 18.1 Å². The Bertz CT molecular complexity index is 679. The lowest BCUT2D eigenvalue weighted by Crippen LogP contribution is -2.40. The molecule has 1 N–H and O–H groups in total. The van der Waals surface area contributed by atoms with Gasteiger partial charge in [0.05, 0.1) is 6.10 Å². The zero-order valence-corrected chi connectivity index (χ0v) is 12.8. The van der Waals surface area contributed by atoms with Crippen molar-refractivity contribution < 1.29 is 14.3 Å². The number of amides is 1. The van der Waals surface area contributed by atoms with Gasteiger partial charge in [0.15, 0.2) is 0 Å². The van der Waals surface area contributed by atoms with Crippen LogP contribution in [0.2, 0.25) is 0 Å². The molecule has 118 valence electrons. The van der Waals surface area contributed by atoms with E-state index >= 15 is 0 Å². The summed E-state index contributed by atoms with van der Waals surface area (Å²) in [4.78, 5) is 11.9. The molecule has 0 spiro atoms. The van der Waals surface area contributed by atoms with E-state index in [0.29, 0.717) is 13.2 Å². The molecule has 1 atom stereocenters. The topological polar surface area (TPSA) is 47.6 Å². The van der Waals surface area contributed by atoms with Gasteiger partial charge >= 0.3 is 6.09 Å². The Kier molecular flexibility index (Phi) is 3.75. The van der Waals surface area contributed by atoms with Crippen LogP contribution in [0.4, 0.5) is 4.79 Å². The Hall–Kier alpha value is -2.33. The monoisotopic (exact) mass is 309 g/mol. The molecule has 4 nitrogen and oxygen atoms in total. The fourth-order valence-electron chi connectivity index (χ4n) is 3.29. The summed E-state index contributed by atoms with van der Waals surface area (Å²) in [6, 6.07) is 16.6. The Morgan fingerprint density at radius 1 is 1.09 bits per heavy atom. The highest BCUT2D eigenvalue weighted by Gasteiger charge is 2.29. The average Bonchev–Trinajstić information content (AvgIpc) is 2.86. The van der Waals surface area contributed by atoms with Gasteiger partial charge in [-0.25, -0.2) is 4.79 Å². The lowest BCUT2D eigenvalue weighted by atomic mass is 9.98. The molecule has 1 fully saturated rings. The normalized spacial score (nSPS) is 18.7. The van der Waals surface area contributed by atoms with E-state index in [2.05, 4.69) is 29.6 Å². The number of hydrogen-bond donors (Lipinski definition) is 1. The number of carbonyl (C=O) groups excluding carboxylic acids is 1. The number of nitrogens with one attached hydrogen (secondary N) is 1. The molecule has 4 rings (SSSR count). The molecule has 1 saturated heterocycles. The minimum atomic E-state index is -0.373. The zero-order chi connectivity index (χ0) is 15.6. The second-order valence-electron chi connectivity index (χ2n) is 5.99. The molecule has 1 aliphatic heterocycles. The van der Waals surface area contributed by atoms with Crippen molar-refractivity contribution in [2.45, 2.75) is 18.4 Å². The van der Waals surface area contributed by atoms with Gasteiger partial charge in [-0.15, -0.1) is 0 Å². The summed E-state index contributed by atoms with van der Waals surface area (Å²) in [5.41, 5.74) is 4.92. The van der Waals surface area contributed by atoms with Gasteiger partial charge in [0.1, 0.15) is 6.61 Å². The number of alkyl carbamates (subject to hydrolysis) is 1. The maximum absolute atomic E-state index is 11.9. The number of fused-ring (bicyclic) bond motifs is 3. The van der Waals surface area contributed by atoms with E-state index < -0.39 is 0 Å². The molecule has 1 amide bonds. The Balaban J connectivity index is 1.45. The second-order valence-corrected chi connectivity index (χ2v) is 5.99. The predicted octanol–water partition coefficient (Wildman–Crippen LogP) is 3.31. The van der Waals surface area contributed by atoms with Gasteiger partial charge in [0.2, 0.25) is 0 Å². The summed E-state index contributed by atoms with van der Waals surface area (Å²) in [7, 11) is 0. The highest BCUT2D eigenvalue weighted by Crippen LogP contribution is 2.44. The first-order chi connectivity index (χ1) is 11.3. The van der Waals surface area contributed by atoms with Crippen molar-refractivity contribution in [3.8, 4) is 11.1 Å². The molecule has 1 aliphatic carbocycles. The van der Waals surface area contributed by atoms with Crippen LogP contribution in [0.1, 0.15) is 23.5 Å². The fourth-order valence-corrected chi connectivity index (χ4v) is 3.29. The third-order valence-electron chi connectivity index (χ3n) is 4.61. The summed E-state index contributed by atoms with van der Waals surface area (Å²) < 4.78 is 10.7. The number of carbonyl (C=O) groups is 1. The van der Waals surface area contributed by atoms with Crippen LogP contribution in [-0.4, -0.2) is 32.0 Å². The first kappa shape index (κ1) is 14.3. The van der Waals surface area contributed by atoms with Crippen LogP contribution >= 0.6 is 0 Å². The third-order valence-corrected chi connectivity index (χ3v) is 4.61. The van der Waals surface area contributed by atoms with Crippen molar-refractivity contribution >= 4 is 6.09 Å². The lowest BCUT2D eigenvalue weighted by Gasteiger charge is -2.26. The van der Waals surface area contributed by atoms with Crippen molar-refractivity contribution in [2.75, 3.05) is 19.8 Å².